The molecule has 0 bridgehead atoms. The first-order chi connectivity index (χ1) is 12.5. The van der Waals surface area contributed by atoms with Gasteiger partial charge in [0.1, 0.15) is 13.2 Å². The Kier molecular flexibility index (Phi) is 5.40. The van der Waals surface area contributed by atoms with Crippen LogP contribution < -0.4 is 0 Å². The molecule has 0 spiro atoms. The molecule has 3 aromatic rings. The smallest absolute Gasteiger partial charge is 0.361 e. The van der Waals surface area contributed by atoms with Crippen LogP contribution in [0.3, 0.4) is 0 Å². The van der Waals surface area contributed by atoms with Crippen LogP contribution in [0.4, 0.5) is 0 Å². The van der Waals surface area contributed by atoms with Gasteiger partial charge >= 0.3 is 5.97 Å². The fraction of sp³-hybridized carbons (Fsp3) is 0.389. The summed E-state index contributed by atoms with van der Waals surface area (Å²) in [5.41, 5.74) is 1.68. The maximum Gasteiger partial charge on any atom is 0.361 e. The number of aromatic nitrogens is 5. The predicted molar refractivity (Wildman–Crippen MR) is 92.3 cm³/mol. The van der Waals surface area contributed by atoms with Crippen molar-refractivity contribution in [3.8, 4) is 0 Å². The summed E-state index contributed by atoms with van der Waals surface area (Å²) < 4.78 is 12.1. The van der Waals surface area contributed by atoms with Crippen molar-refractivity contribution in [2.24, 2.45) is 5.92 Å². The molecule has 0 aliphatic heterocycles. The van der Waals surface area contributed by atoms with Gasteiger partial charge in [-0.1, -0.05) is 54.5 Å². The summed E-state index contributed by atoms with van der Waals surface area (Å²) >= 11 is 0. The van der Waals surface area contributed by atoms with E-state index in [0.717, 1.165) is 12.0 Å². The molecular weight excluding hydrogens is 334 g/mol. The molecule has 3 rings (SSSR count). The first-order valence-corrected chi connectivity index (χ1v) is 8.45. The molecule has 0 saturated carbocycles. The molecule has 1 aromatic carbocycles. The maximum absolute atomic E-state index is 12.2. The van der Waals surface area contributed by atoms with E-state index in [1.165, 1.54) is 0 Å². The van der Waals surface area contributed by atoms with Crippen molar-refractivity contribution in [1.29, 1.82) is 0 Å². The van der Waals surface area contributed by atoms with Crippen molar-refractivity contribution in [3.05, 3.63) is 59.0 Å². The minimum Gasteiger partial charge on any atom is -0.456 e. The zero-order valence-electron chi connectivity index (χ0n) is 15.0. The molecule has 2 heterocycles. The summed E-state index contributed by atoms with van der Waals surface area (Å²) in [5, 5.41) is 11.9. The van der Waals surface area contributed by atoms with E-state index in [-0.39, 0.29) is 18.8 Å². The van der Waals surface area contributed by atoms with Gasteiger partial charge in [0.2, 0.25) is 5.89 Å². The Balaban J connectivity index is 1.63. The SMILES string of the molecule is Cc1c(C(=O)OCc2ccccc2)nnn1Cc1nc(CC(C)C)no1. The molecule has 2 aromatic heterocycles. The second-order valence-electron chi connectivity index (χ2n) is 6.45. The van der Waals surface area contributed by atoms with Gasteiger partial charge in [-0.2, -0.15) is 4.98 Å². The zero-order valence-corrected chi connectivity index (χ0v) is 15.0. The van der Waals surface area contributed by atoms with Crippen LogP contribution in [0.5, 0.6) is 0 Å². The van der Waals surface area contributed by atoms with Crippen molar-refractivity contribution in [2.75, 3.05) is 0 Å². The number of hydrogen-bond donors (Lipinski definition) is 0. The van der Waals surface area contributed by atoms with Crippen molar-refractivity contribution >= 4 is 5.97 Å². The van der Waals surface area contributed by atoms with E-state index in [4.69, 9.17) is 9.26 Å². The van der Waals surface area contributed by atoms with Gasteiger partial charge in [-0.25, -0.2) is 9.48 Å². The molecule has 0 atom stereocenters. The average Bonchev–Trinajstić information content (AvgIpc) is 3.20. The van der Waals surface area contributed by atoms with E-state index < -0.39 is 5.97 Å². The molecule has 0 fully saturated rings. The van der Waals surface area contributed by atoms with Crippen LogP contribution in [0, 0.1) is 12.8 Å². The van der Waals surface area contributed by atoms with Crippen molar-refractivity contribution in [3.63, 3.8) is 0 Å². The highest BCUT2D eigenvalue weighted by Gasteiger charge is 2.19. The summed E-state index contributed by atoms with van der Waals surface area (Å²) in [6, 6.07) is 9.47. The van der Waals surface area contributed by atoms with Gasteiger partial charge in [0.25, 0.3) is 0 Å². The Hall–Kier alpha value is -3.03. The monoisotopic (exact) mass is 355 g/mol. The molecular formula is C18H21N5O3. The fourth-order valence-electron chi connectivity index (χ4n) is 2.42. The van der Waals surface area contributed by atoms with Crippen LogP contribution in [0.15, 0.2) is 34.9 Å². The summed E-state index contributed by atoms with van der Waals surface area (Å²) in [6.45, 7) is 6.38. The molecule has 0 amide bonds. The van der Waals surface area contributed by atoms with Gasteiger partial charge in [0.15, 0.2) is 11.5 Å². The number of carbonyl (C=O) groups is 1. The van der Waals surface area contributed by atoms with E-state index in [1.54, 1.807) is 11.6 Å². The van der Waals surface area contributed by atoms with Crippen molar-refractivity contribution < 1.29 is 14.1 Å². The number of rotatable bonds is 7. The highest BCUT2D eigenvalue weighted by atomic mass is 16.5. The largest absolute Gasteiger partial charge is 0.456 e. The number of benzene rings is 1. The zero-order chi connectivity index (χ0) is 18.5. The lowest BCUT2D eigenvalue weighted by molar-refractivity contribution is 0.0464. The van der Waals surface area contributed by atoms with Gasteiger partial charge in [-0.05, 0) is 18.4 Å². The van der Waals surface area contributed by atoms with Crippen LogP contribution in [0.25, 0.3) is 0 Å². The van der Waals surface area contributed by atoms with Crippen LogP contribution in [0.1, 0.15) is 47.3 Å². The topological polar surface area (TPSA) is 95.9 Å². The van der Waals surface area contributed by atoms with Gasteiger partial charge in [-0.15, -0.1) is 5.10 Å². The molecule has 0 unspecified atom stereocenters. The first kappa shape index (κ1) is 17.8. The summed E-state index contributed by atoms with van der Waals surface area (Å²) in [4.78, 5) is 16.6. The second-order valence-corrected chi connectivity index (χ2v) is 6.45. The van der Waals surface area contributed by atoms with Crippen LogP contribution >= 0.6 is 0 Å². The van der Waals surface area contributed by atoms with Gasteiger partial charge in [0.05, 0.1) is 5.69 Å². The van der Waals surface area contributed by atoms with Crippen molar-refractivity contribution in [2.45, 2.75) is 40.3 Å². The van der Waals surface area contributed by atoms with Crippen LogP contribution in [0.2, 0.25) is 0 Å². The lowest BCUT2D eigenvalue weighted by atomic mass is 10.1. The number of nitrogens with zero attached hydrogens (tertiary/aromatic N) is 5. The molecule has 0 saturated heterocycles. The second kappa shape index (κ2) is 7.90. The third-order valence-corrected chi connectivity index (χ3v) is 3.77. The molecule has 0 aliphatic rings. The highest BCUT2D eigenvalue weighted by Crippen LogP contribution is 2.11. The Labute approximate surface area is 151 Å². The first-order valence-electron chi connectivity index (χ1n) is 8.45. The van der Waals surface area contributed by atoms with Gasteiger partial charge in [0, 0.05) is 6.42 Å². The summed E-state index contributed by atoms with van der Waals surface area (Å²) in [5.74, 6) is 1.02. The Bertz CT molecular complexity index is 870. The molecule has 8 heteroatoms. The summed E-state index contributed by atoms with van der Waals surface area (Å²) in [7, 11) is 0. The molecule has 0 radical (unpaired) electrons. The maximum atomic E-state index is 12.2. The van der Waals surface area contributed by atoms with Crippen LogP contribution in [-0.4, -0.2) is 31.1 Å². The van der Waals surface area contributed by atoms with E-state index >= 15 is 0 Å². The number of hydrogen-bond acceptors (Lipinski definition) is 7. The van der Waals surface area contributed by atoms with Crippen molar-refractivity contribution in [1.82, 2.24) is 25.1 Å². The standard InChI is InChI=1S/C18H21N5O3/c1-12(2)9-15-19-16(26-21-15)10-23-13(3)17(20-22-23)18(24)25-11-14-7-5-4-6-8-14/h4-8,12H,9-11H2,1-3H3. The minimum atomic E-state index is -0.511. The molecule has 8 nitrogen and oxygen atoms in total. The lowest BCUT2D eigenvalue weighted by Crippen LogP contribution is -2.09. The van der Waals surface area contributed by atoms with Gasteiger partial charge in [-0.3, -0.25) is 0 Å². The Morgan fingerprint density at radius 1 is 1.27 bits per heavy atom. The quantitative estimate of drug-likeness (QED) is 0.601. The molecule has 136 valence electrons. The summed E-state index contributed by atoms with van der Waals surface area (Å²) in [6.07, 6.45) is 0.747. The van der Waals surface area contributed by atoms with E-state index in [9.17, 15) is 4.79 Å². The third-order valence-electron chi connectivity index (χ3n) is 3.77. The normalized spacial score (nSPS) is 11.1. The van der Waals surface area contributed by atoms with Gasteiger partial charge < -0.3 is 9.26 Å². The molecule has 26 heavy (non-hydrogen) atoms. The Morgan fingerprint density at radius 2 is 2.04 bits per heavy atom. The fourth-order valence-corrected chi connectivity index (χ4v) is 2.42. The lowest BCUT2D eigenvalue weighted by Gasteiger charge is -2.04. The Morgan fingerprint density at radius 3 is 2.77 bits per heavy atom. The minimum absolute atomic E-state index is 0.183. The number of ether oxygens (including phenoxy) is 1. The molecule has 0 aliphatic carbocycles. The van der Waals surface area contributed by atoms with E-state index in [0.29, 0.717) is 23.3 Å². The van der Waals surface area contributed by atoms with Crippen LogP contribution in [-0.2, 0) is 24.3 Å². The van der Waals surface area contributed by atoms with E-state index in [2.05, 4.69) is 34.3 Å². The third kappa shape index (κ3) is 4.33. The molecule has 0 N–H and O–H groups in total. The predicted octanol–water partition coefficient (Wildman–Crippen LogP) is 2.57. The average molecular weight is 355 g/mol. The van der Waals surface area contributed by atoms with E-state index in [1.807, 2.05) is 30.3 Å². The number of carbonyl (C=O) groups excluding carboxylic acids is 1. The highest BCUT2D eigenvalue weighted by molar-refractivity contribution is 5.88. The number of esters is 1.